The van der Waals surface area contributed by atoms with E-state index in [1.165, 1.54) is 99.0 Å². The summed E-state index contributed by atoms with van der Waals surface area (Å²) in [6, 6.07) is 82.0. The van der Waals surface area contributed by atoms with Crippen molar-refractivity contribution in [2.75, 3.05) is 0 Å². The van der Waals surface area contributed by atoms with Crippen LogP contribution in [0.1, 0.15) is 17.9 Å². The molecule has 12 rings (SSSR count). The molecule has 0 fully saturated rings. The van der Waals surface area contributed by atoms with Crippen LogP contribution in [-0.4, -0.2) is 9.13 Å². The van der Waals surface area contributed by atoms with Crippen molar-refractivity contribution in [3.63, 3.8) is 0 Å². The number of aromatic nitrogens is 2. The summed E-state index contributed by atoms with van der Waals surface area (Å²) in [5, 5.41) is 6.40. The number of fused-ring (bicyclic) bond motifs is 6. The van der Waals surface area contributed by atoms with Crippen LogP contribution in [0.25, 0.3) is 101 Å². The van der Waals surface area contributed by atoms with Crippen LogP contribution >= 0.6 is 0 Å². The summed E-state index contributed by atoms with van der Waals surface area (Å²) in [5.41, 5.74) is 17.0. The highest BCUT2D eigenvalue weighted by molar-refractivity contribution is 6.09. The molecule has 1 aliphatic carbocycles. The molecule has 0 amide bonds. The van der Waals surface area contributed by atoms with Gasteiger partial charge in [-0.1, -0.05) is 182 Å². The Morgan fingerprint density at radius 2 is 0.823 bits per heavy atom. The van der Waals surface area contributed by atoms with Gasteiger partial charge in [0.2, 0.25) is 0 Å². The first-order valence-corrected chi connectivity index (χ1v) is 21.6. The fraction of sp³-hybridized carbons (Fsp3) is 0.0333. The zero-order chi connectivity index (χ0) is 41.0. The minimum Gasteiger partial charge on any atom is -0.310 e. The Labute approximate surface area is 361 Å². The van der Waals surface area contributed by atoms with Crippen molar-refractivity contribution in [1.29, 1.82) is 0 Å². The largest absolute Gasteiger partial charge is 0.310 e. The molecule has 1 unspecified atom stereocenters. The van der Waals surface area contributed by atoms with Gasteiger partial charge in [0, 0.05) is 44.0 Å². The molecule has 9 aromatic carbocycles. The van der Waals surface area contributed by atoms with Crippen molar-refractivity contribution in [2.45, 2.75) is 12.3 Å². The second-order valence-corrected chi connectivity index (χ2v) is 16.5. The molecular weight excluding hydrogens is 749 g/mol. The number of para-hydroxylation sites is 2. The topological polar surface area (TPSA) is 9.86 Å². The van der Waals surface area contributed by atoms with E-state index in [-0.39, 0.29) is 5.92 Å². The maximum absolute atomic E-state index is 2.52. The molecule has 62 heavy (non-hydrogen) atoms. The molecule has 0 aliphatic heterocycles. The van der Waals surface area contributed by atoms with Crippen LogP contribution in [0.4, 0.5) is 0 Å². The van der Waals surface area contributed by atoms with E-state index in [0.29, 0.717) is 0 Å². The van der Waals surface area contributed by atoms with Crippen LogP contribution < -0.4 is 10.6 Å². The maximum atomic E-state index is 2.52. The Balaban J connectivity index is 0.954. The third-order valence-electron chi connectivity index (χ3n) is 12.8. The molecule has 0 spiro atoms. The lowest BCUT2D eigenvalue weighted by Crippen LogP contribution is -2.31. The van der Waals surface area contributed by atoms with E-state index in [4.69, 9.17) is 0 Å². The van der Waals surface area contributed by atoms with Gasteiger partial charge in [-0.15, -0.1) is 0 Å². The number of nitrogens with zero attached hydrogens (tertiary/aromatic N) is 2. The molecule has 0 radical (unpaired) electrons. The van der Waals surface area contributed by atoms with Crippen LogP contribution in [0.5, 0.6) is 0 Å². The molecule has 11 aromatic rings. The van der Waals surface area contributed by atoms with Crippen molar-refractivity contribution in [2.24, 2.45) is 0 Å². The Kier molecular flexibility index (Phi) is 8.67. The Hall–Kier alpha value is -7.94. The van der Waals surface area contributed by atoms with Gasteiger partial charge in [-0.05, 0) is 111 Å². The lowest BCUT2D eigenvalue weighted by atomic mass is 9.90. The van der Waals surface area contributed by atoms with E-state index < -0.39 is 0 Å². The highest BCUT2D eigenvalue weighted by atomic mass is 15.0. The summed E-state index contributed by atoms with van der Waals surface area (Å²) in [7, 11) is 0. The highest BCUT2D eigenvalue weighted by Gasteiger charge is 2.20. The van der Waals surface area contributed by atoms with Crippen LogP contribution in [0.15, 0.2) is 224 Å². The molecule has 0 saturated carbocycles. The minimum absolute atomic E-state index is 0.244. The maximum Gasteiger partial charge on any atom is 0.0541 e. The third kappa shape index (κ3) is 6.19. The summed E-state index contributed by atoms with van der Waals surface area (Å²) in [5.74, 6) is 0.244. The van der Waals surface area contributed by atoms with E-state index >= 15 is 0 Å². The van der Waals surface area contributed by atoms with Crippen molar-refractivity contribution < 1.29 is 0 Å². The van der Waals surface area contributed by atoms with Gasteiger partial charge >= 0.3 is 0 Å². The van der Waals surface area contributed by atoms with Gasteiger partial charge in [-0.25, -0.2) is 0 Å². The quantitative estimate of drug-likeness (QED) is 0.152. The van der Waals surface area contributed by atoms with Crippen LogP contribution in [0, 0.1) is 0 Å². The lowest BCUT2D eigenvalue weighted by Gasteiger charge is -2.16. The molecule has 2 nitrogen and oxygen atoms in total. The summed E-state index contributed by atoms with van der Waals surface area (Å²) in [4.78, 5) is 0. The van der Waals surface area contributed by atoms with Crippen molar-refractivity contribution >= 4 is 44.9 Å². The molecule has 292 valence electrons. The second kappa shape index (κ2) is 15.0. The third-order valence-corrected chi connectivity index (χ3v) is 12.8. The van der Waals surface area contributed by atoms with Gasteiger partial charge in [-0.2, -0.15) is 0 Å². The SMILES string of the molecule is C1=c2c(n(-c3cccc(-c4ccc(-c5ccccc5)cc4)c3)c3ccccc23)=CCC1c1ccc2c(c1)c1ccccc1n2-c1cc(-c2ccccc2)cc(-c2ccccc2)c1. The van der Waals surface area contributed by atoms with Gasteiger partial charge in [0.25, 0.3) is 0 Å². The van der Waals surface area contributed by atoms with E-state index in [2.05, 4.69) is 246 Å². The molecule has 2 heterocycles. The summed E-state index contributed by atoms with van der Waals surface area (Å²) in [6.45, 7) is 0. The zero-order valence-corrected chi connectivity index (χ0v) is 34.2. The molecule has 0 saturated heterocycles. The Morgan fingerprint density at radius 1 is 0.323 bits per heavy atom. The molecular formula is C60H42N2. The van der Waals surface area contributed by atoms with Crippen LogP contribution in [0.2, 0.25) is 0 Å². The Morgan fingerprint density at radius 3 is 1.48 bits per heavy atom. The van der Waals surface area contributed by atoms with E-state index in [1.54, 1.807) is 0 Å². The lowest BCUT2D eigenvalue weighted by molar-refractivity contribution is 0.909. The van der Waals surface area contributed by atoms with E-state index in [0.717, 1.165) is 12.1 Å². The second-order valence-electron chi connectivity index (χ2n) is 16.5. The number of rotatable bonds is 7. The van der Waals surface area contributed by atoms with Crippen LogP contribution in [0.3, 0.4) is 0 Å². The first-order valence-electron chi connectivity index (χ1n) is 21.6. The van der Waals surface area contributed by atoms with Gasteiger partial charge in [0.15, 0.2) is 0 Å². The fourth-order valence-electron chi connectivity index (χ4n) is 9.82. The highest BCUT2D eigenvalue weighted by Crippen LogP contribution is 2.38. The van der Waals surface area contributed by atoms with Gasteiger partial charge in [0.05, 0.1) is 16.6 Å². The van der Waals surface area contributed by atoms with Crippen molar-refractivity contribution in [3.8, 4) is 55.9 Å². The van der Waals surface area contributed by atoms with Gasteiger partial charge in [-0.3, -0.25) is 0 Å². The Bertz CT molecular complexity index is 3520. The van der Waals surface area contributed by atoms with Crippen molar-refractivity contribution in [1.82, 2.24) is 9.13 Å². The monoisotopic (exact) mass is 790 g/mol. The molecule has 1 aliphatic rings. The predicted octanol–water partition coefficient (Wildman–Crippen LogP) is 14.1. The molecule has 2 heteroatoms. The average molecular weight is 791 g/mol. The summed E-state index contributed by atoms with van der Waals surface area (Å²) >= 11 is 0. The number of hydrogen-bond donors (Lipinski definition) is 0. The first-order chi connectivity index (χ1) is 30.7. The van der Waals surface area contributed by atoms with Crippen molar-refractivity contribution in [3.05, 3.63) is 241 Å². The molecule has 0 N–H and O–H groups in total. The van der Waals surface area contributed by atoms with Gasteiger partial charge in [0.1, 0.15) is 0 Å². The summed E-state index contributed by atoms with van der Waals surface area (Å²) < 4.78 is 4.92. The smallest absolute Gasteiger partial charge is 0.0541 e. The van der Waals surface area contributed by atoms with E-state index in [1.807, 2.05) is 0 Å². The zero-order valence-electron chi connectivity index (χ0n) is 34.2. The van der Waals surface area contributed by atoms with Crippen LogP contribution in [-0.2, 0) is 0 Å². The van der Waals surface area contributed by atoms with E-state index in [9.17, 15) is 0 Å². The van der Waals surface area contributed by atoms with Gasteiger partial charge < -0.3 is 9.13 Å². The molecule has 1 atom stereocenters. The predicted molar refractivity (Wildman–Crippen MR) is 261 cm³/mol. The fourth-order valence-corrected chi connectivity index (χ4v) is 9.82. The number of benzene rings is 9. The first kappa shape index (κ1) is 36.0. The minimum atomic E-state index is 0.244. The number of hydrogen-bond acceptors (Lipinski definition) is 0. The average Bonchev–Trinajstić information content (AvgIpc) is 3.87. The molecule has 2 aromatic heterocycles. The summed E-state index contributed by atoms with van der Waals surface area (Å²) in [6.07, 6.45) is 5.92. The standard InChI is InChI=1S/C60H42N2/c1-4-15-41(16-5-1)44-27-29-45(30-28-44)46-21-14-22-51(36-46)61-57-25-12-10-23-53(57)55-39-47(31-33-59(55)61)48-32-34-60-56(40-48)54-24-11-13-26-58(54)62(60)52-37-49(42-17-6-2-7-18-42)35-50(38-52)43-19-8-3-9-20-43/h1-30,32-40,47H,31H2. The normalized spacial score (nSPS) is 13.5. The molecule has 0 bridgehead atoms.